The first kappa shape index (κ1) is 12.0. The van der Waals surface area contributed by atoms with Crippen LogP contribution in [0, 0.1) is 0 Å². The van der Waals surface area contributed by atoms with E-state index in [9.17, 15) is 5.11 Å². The Morgan fingerprint density at radius 2 is 1.86 bits per heavy atom. The van der Waals surface area contributed by atoms with E-state index in [1.54, 1.807) is 12.1 Å². The number of para-hydroxylation sites is 1. The molecule has 1 aliphatic heterocycles. The summed E-state index contributed by atoms with van der Waals surface area (Å²) in [5, 5.41) is 15.1. The third kappa shape index (κ3) is 2.05. The molecule has 0 fully saturated rings. The average molecular weight is 277 g/mol. The number of rotatable bonds is 2. The molecule has 4 nitrogen and oxygen atoms in total. The zero-order valence-electron chi connectivity index (χ0n) is 11.4. The number of nitrogens with zero attached hydrogens (tertiary/aromatic N) is 1. The standard InChI is InChI=1S/C17H15N3O/c21-12-7-5-11(6-8-12)16-9-17(20-19-16)14-10-18-15-4-2-1-3-13(14)15/h1-8,10,16,18-19,21H,9H2. The number of phenols is 1. The number of aromatic nitrogens is 1. The van der Waals surface area contributed by atoms with Gasteiger partial charge in [0.25, 0.3) is 0 Å². The molecule has 3 aromatic rings. The number of phenolic OH excluding ortho intramolecular Hbond substituents is 1. The number of aromatic hydroxyl groups is 1. The van der Waals surface area contributed by atoms with Crippen molar-refractivity contribution in [3.63, 3.8) is 0 Å². The molecule has 3 N–H and O–H groups in total. The van der Waals surface area contributed by atoms with Crippen LogP contribution in [0.5, 0.6) is 5.75 Å². The fraction of sp³-hybridized carbons (Fsp3) is 0.118. The predicted octanol–water partition coefficient (Wildman–Crippen LogP) is 3.31. The summed E-state index contributed by atoms with van der Waals surface area (Å²) in [6.45, 7) is 0. The lowest BCUT2D eigenvalue weighted by atomic mass is 9.99. The molecule has 21 heavy (non-hydrogen) atoms. The monoisotopic (exact) mass is 277 g/mol. The Kier molecular flexibility index (Phi) is 2.67. The van der Waals surface area contributed by atoms with Crippen LogP contribution in [-0.2, 0) is 0 Å². The molecule has 1 aromatic heterocycles. The van der Waals surface area contributed by atoms with Crippen molar-refractivity contribution in [1.82, 2.24) is 10.4 Å². The highest BCUT2D eigenvalue weighted by Crippen LogP contribution is 2.28. The Morgan fingerprint density at radius 1 is 1.05 bits per heavy atom. The summed E-state index contributed by atoms with van der Waals surface area (Å²) in [4.78, 5) is 3.29. The molecular formula is C17H15N3O. The van der Waals surface area contributed by atoms with Crippen molar-refractivity contribution in [3.05, 3.63) is 65.9 Å². The van der Waals surface area contributed by atoms with Crippen molar-refractivity contribution in [2.24, 2.45) is 5.10 Å². The topological polar surface area (TPSA) is 60.4 Å². The fourth-order valence-electron chi connectivity index (χ4n) is 2.82. The van der Waals surface area contributed by atoms with Gasteiger partial charge in [0, 0.05) is 29.1 Å². The number of hydrogen-bond acceptors (Lipinski definition) is 3. The molecule has 0 amide bonds. The van der Waals surface area contributed by atoms with E-state index in [1.807, 2.05) is 30.5 Å². The number of nitrogens with one attached hydrogen (secondary N) is 2. The van der Waals surface area contributed by atoms with Crippen molar-refractivity contribution < 1.29 is 5.11 Å². The van der Waals surface area contributed by atoms with E-state index in [-0.39, 0.29) is 11.8 Å². The number of fused-ring (bicyclic) bond motifs is 1. The molecular weight excluding hydrogens is 262 g/mol. The van der Waals surface area contributed by atoms with Crippen LogP contribution in [0.2, 0.25) is 0 Å². The van der Waals surface area contributed by atoms with Gasteiger partial charge in [0.05, 0.1) is 11.8 Å². The van der Waals surface area contributed by atoms with Gasteiger partial charge >= 0.3 is 0 Å². The van der Waals surface area contributed by atoms with Crippen LogP contribution in [0.15, 0.2) is 59.8 Å². The van der Waals surface area contributed by atoms with Crippen LogP contribution in [0.3, 0.4) is 0 Å². The normalized spacial score (nSPS) is 17.7. The summed E-state index contributed by atoms with van der Waals surface area (Å²) in [5.74, 6) is 0.287. The maximum atomic E-state index is 9.37. The van der Waals surface area contributed by atoms with Crippen LogP contribution in [0.4, 0.5) is 0 Å². The SMILES string of the molecule is Oc1ccc(C2CC(c3c[nH]c4ccccc34)=NN2)cc1. The minimum Gasteiger partial charge on any atom is -0.508 e. The molecule has 0 saturated carbocycles. The quantitative estimate of drug-likeness (QED) is 0.673. The van der Waals surface area contributed by atoms with Gasteiger partial charge < -0.3 is 15.5 Å². The van der Waals surface area contributed by atoms with E-state index in [0.717, 1.165) is 28.8 Å². The molecule has 0 bridgehead atoms. The van der Waals surface area contributed by atoms with Crippen molar-refractivity contribution >= 4 is 16.6 Å². The van der Waals surface area contributed by atoms with Crippen molar-refractivity contribution in [2.45, 2.75) is 12.5 Å². The molecule has 0 saturated heterocycles. The molecule has 1 unspecified atom stereocenters. The smallest absolute Gasteiger partial charge is 0.115 e. The summed E-state index contributed by atoms with van der Waals surface area (Å²) < 4.78 is 0. The van der Waals surface area contributed by atoms with E-state index in [2.05, 4.69) is 27.6 Å². The van der Waals surface area contributed by atoms with Gasteiger partial charge in [-0.3, -0.25) is 0 Å². The van der Waals surface area contributed by atoms with Crippen LogP contribution >= 0.6 is 0 Å². The predicted molar refractivity (Wildman–Crippen MR) is 83.4 cm³/mol. The third-order valence-corrected chi connectivity index (χ3v) is 3.95. The number of hydrazone groups is 1. The molecule has 4 heteroatoms. The Hall–Kier alpha value is -2.75. The Morgan fingerprint density at radius 3 is 2.71 bits per heavy atom. The van der Waals surface area contributed by atoms with Gasteiger partial charge in [-0.2, -0.15) is 5.10 Å². The van der Waals surface area contributed by atoms with Crippen molar-refractivity contribution in [1.29, 1.82) is 0 Å². The highest BCUT2D eigenvalue weighted by atomic mass is 16.3. The molecule has 4 rings (SSSR count). The molecule has 2 aromatic carbocycles. The van der Waals surface area contributed by atoms with Gasteiger partial charge in [0.2, 0.25) is 0 Å². The average Bonchev–Trinajstić information content (AvgIpc) is 3.14. The maximum absolute atomic E-state index is 9.37. The highest BCUT2D eigenvalue weighted by molar-refractivity contribution is 6.11. The Labute approximate surface area is 122 Å². The summed E-state index contributed by atoms with van der Waals surface area (Å²) >= 11 is 0. The zero-order chi connectivity index (χ0) is 14.2. The van der Waals surface area contributed by atoms with Crippen LogP contribution in [-0.4, -0.2) is 15.8 Å². The lowest BCUT2D eigenvalue weighted by Gasteiger charge is -2.09. The van der Waals surface area contributed by atoms with Crippen LogP contribution in [0.25, 0.3) is 10.9 Å². The van der Waals surface area contributed by atoms with Gasteiger partial charge in [-0.1, -0.05) is 30.3 Å². The molecule has 104 valence electrons. The first-order chi connectivity index (χ1) is 10.3. The lowest BCUT2D eigenvalue weighted by Crippen LogP contribution is -2.09. The van der Waals surface area contributed by atoms with E-state index in [1.165, 1.54) is 5.39 Å². The van der Waals surface area contributed by atoms with Gasteiger partial charge in [-0.15, -0.1) is 0 Å². The summed E-state index contributed by atoms with van der Waals surface area (Å²) in [6.07, 6.45) is 2.86. The largest absolute Gasteiger partial charge is 0.508 e. The van der Waals surface area contributed by atoms with E-state index < -0.39 is 0 Å². The molecule has 0 radical (unpaired) electrons. The second-order valence-corrected chi connectivity index (χ2v) is 5.28. The second-order valence-electron chi connectivity index (χ2n) is 5.28. The number of hydrogen-bond donors (Lipinski definition) is 3. The van der Waals surface area contributed by atoms with Gasteiger partial charge in [-0.05, 0) is 23.8 Å². The highest BCUT2D eigenvalue weighted by Gasteiger charge is 2.22. The fourth-order valence-corrected chi connectivity index (χ4v) is 2.82. The molecule has 0 aliphatic carbocycles. The minimum atomic E-state index is 0.161. The molecule has 0 spiro atoms. The van der Waals surface area contributed by atoms with Gasteiger partial charge in [0.1, 0.15) is 5.75 Å². The first-order valence-electron chi connectivity index (χ1n) is 6.99. The summed E-state index contributed by atoms with van der Waals surface area (Å²) in [6, 6.07) is 15.7. The molecule has 1 atom stereocenters. The van der Waals surface area contributed by atoms with Crippen molar-refractivity contribution in [3.8, 4) is 5.75 Å². The van der Waals surface area contributed by atoms with Gasteiger partial charge in [0.15, 0.2) is 0 Å². The minimum absolute atomic E-state index is 0.161. The van der Waals surface area contributed by atoms with Crippen LogP contribution < -0.4 is 5.43 Å². The molecule has 2 heterocycles. The molecule has 1 aliphatic rings. The van der Waals surface area contributed by atoms with Crippen LogP contribution in [0.1, 0.15) is 23.6 Å². The third-order valence-electron chi connectivity index (χ3n) is 3.95. The Balaban J connectivity index is 1.62. The number of H-pyrrole nitrogens is 1. The number of aromatic amines is 1. The van der Waals surface area contributed by atoms with E-state index in [4.69, 9.17) is 0 Å². The van der Waals surface area contributed by atoms with E-state index in [0.29, 0.717) is 0 Å². The zero-order valence-corrected chi connectivity index (χ0v) is 11.4. The summed E-state index contributed by atoms with van der Waals surface area (Å²) in [7, 11) is 0. The number of benzene rings is 2. The maximum Gasteiger partial charge on any atom is 0.115 e. The van der Waals surface area contributed by atoms with E-state index >= 15 is 0 Å². The van der Waals surface area contributed by atoms with Gasteiger partial charge in [-0.25, -0.2) is 0 Å². The lowest BCUT2D eigenvalue weighted by molar-refractivity contribution is 0.474. The summed E-state index contributed by atoms with van der Waals surface area (Å²) in [5.41, 5.74) is 7.66. The van der Waals surface area contributed by atoms with Crippen molar-refractivity contribution in [2.75, 3.05) is 0 Å². The Bertz CT molecular complexity index is 817. The first-order valence-corrected chi connectivity index (χ1v) is 6.99. The second kappa shape index (κ2) is 4.66.